The van der Waals surface area contributed by atoms with Crippen molar-refractivity contribution in [3.63, 3.8) is 0 Å². The summed E-state index contributed by atoms with van der Waals surface area (Å²) in [5.41, 5.74) is 16.3. The normalized spacial score (nSPS) is 11.5. The van der Waals surface area contributed by atoms with Gasteiger partial charge in [0.15, 0.2) is 0 Å². The molecule has 0 bridgehead atoms. The zero-order chi connectivity index (χ0) is 45.0. The Balaban J connectivity index is 0.963. The van der Waals surface area contributed by atoms with E-state index in [-0.39, 0.29) is 0 Å². The molecule has 318 valence electrons. The van der Waals surface area contributed by atoms with Gasteiger partial charge < -0.3 is 9.47 Å². The SMILES string of the molecule is c1ccc(-c2cccc(-c3ccc(N(c4ccc(-c5cc6ccccc6c6ccccc56)cc4)c4cccc(-c5cccc6c5c5cc7ccccc7cc5n6-c5ccccc5)c4)cc3)c2)cc1. The van der Waals surface area contributed by atoms with Crippen molar-refractivity contribution in [3.8, 4) is 50.2 Å². The number of aromatic nitrogens is 1. The summed E-state index contributed by atoms with van der Waals surface area (Å²) in [7, 11) is 0. The molecule has 2 heteroatoms. The Morgan fingerprint density at radius 1 is 0.250 bits per heavy atom. The first-order valence-corrected chi connectivity index (χ1v) is 23.4. The summed E-state index contributed by atoms with van der Waals surface area (Å²) in [5.74, 6) is 0. The molecule has 0 atom stereocenters. The van der Waals surface area contributed by atoms with Crippen LogP contribution in [0.25, 0.3) is 104 Å². The molecule has 1 aromatic heterocycles. The van der Waals surface area contributed by atoms with Gasteiger partial charge in [-0.1, -0.05) is 188 Å². The summed E-state index contributed by atoms with van der Waals surface area (Å²) >= 11 is 0. The van der Waals surface area contributed by atoms with E-state index in [1.54, 1.807) is 0 Å². The summed E-state index contributed by atoms with van der Waals surface area (Å²) in [4.78, 5) is 2.40. The van der Waals surface area contributed by atoms with Crippen LogP contribution >= 0.6 is 0 Å². The molecule has 13 aromatic rings. The first-order chi connectivity index (χ1) is 33.7. The number of anilines is 3. The van der Waals surface area contributed by atoms with Crippen LogP contribution in [-0.2, 0) is 0 Å². The standard InChI is InChI=1S/C66H44N2/c1-3-16-45(17-4-1)48-21-13-22-49(40-48)46-32-36-55(37-33-46)67(56-38-34-47(35-39-56)62-43-53-20-9-10-27-58(53)60-28-11-12-29-61(60)62)57-26-14-23-52(41-57)59-30-15-31-64-66(59)63-42-50-18-7-8-19-51(50)44-65(63)68(64)54-24-5-2-6-25-54/h1-44H. The zero-order valence-electron chi connectivity index (χ0n) is 37.3. The highest BCUT2D eigenvalue weighted by molar-refractivity contribution is 6.19. The van der Waals surface area contributed by atoms with Crippen LogP contribution in [0.15, 0.2) is 267 Å². The van der Waals surface area contributed by atoms with Crippen molar-refractivity contribution in [1.29, 1.82) is 0 Å². The number of rotatable bonds is 8. The van der Waals surface area contributed by atoms with Crippen LogP contribution in [0.4, 0.5) is 17.1 Å². The van der Waals surface area contributed by atoms with E-state index >= 15 is 0 Å². The Kier molecular flexibility index (Phi) is 9.54. The molecule has 0 fully saturated rings. The van der Waals surface area contributed by atoms with Crippen LogP contribution in [0, 0.1) is 0 Å². The summed E-state index contributed by atoms with van der Waals surface area (Å²) in [6, 6.07) is 97.5. The molecule has 0 aliphatic rings. The summed E-state index contributed by atoms with van der Waals surface area (Å²) in [6.07, 6.45) is 0. The molecule has 12 aromatic carbocycles. The van der Waals surface area contributed by atoms with Gasteiger partial charge in [-0.3, -0.25) is 0 Å². The molecule has 0 radical (unpaired) electrons. The van der Waals surface area contributed by atoms with Crippen LogP contribution in [0.5, 0.6) is 0 Å². The third kappa shape index (κ3) is 6.82. The van der Waals surface area contributed by atoms with Gasteiger partial charge in [0, 0.05) is 33.5 Å². The average Bonchev–Trinajstić information content (AvgIpc) is 3.74. The zero-order valence-corrected chi connectivity index (χ0v) is 37.3. The molecular formula is C66H44N2. The second kappa shape index (κ2) is 16.5. The Labute approximate surface area is 395 Å². The molecule has 68 heavy (non-hydrogen) atoms. The number of fused-ring (bicyclic) bond motifs is 7. The minimum atomic E-state index is 1.08. The quantitative estimate of drug-likeness (QED) is 0.138. The molecule has 0 spiro atoms. The highest BCUT2D eigenvalue weighted by Crippen LogP contribution is 2.44. The molecule has 1 heterocycles. The van der Waals surface area contributed by atoms with Crippen LogP contribution in [0.2, 0.25) is 0 Å². The molecular weight excluding hydrogens is 821 g/mol. The molecule has 0 N–H and O–H groups in total. The van der Waals surface area contributed by atoms with Crippen molar-refractivity contribution in [2.75, 3.05) is 4.90 Å². The number of para-hydroxylation sites is 1. The van der Waals surface area contributed by atoms with Gasteiger partial charge in [-0.15, -0.1) is 0 Å². The molecule has 0 saturated carbocycles. The fraction of sp³-hybridized carbons (Fsp3) is 0. The van der Waals surface area contributed by atoms with Gasteiger partial charge in [-0.2, -0.15) is 0 Å². The fourth-order valence-electron chi connectivity index (χ4n) is 10.5. The van der Waals surface area contributed by atoms with Crippen LogP contribution in [-0.4, -0.2) is 4.57 Å². The number of nitrogens with zero attached hydrogens (tertiary/aromatic N) is 2. The van der Waals surface area contributed by atoms with Gasteiger partial charge in [0.05, 0.1) is 11.0 Å². The minimum Gasteiger partial charge on any atom is -0.310 e. The minimum absolute atomic E-state index is 1.08. The van der Waals surface area contributed by atoms with E-state index in [9.17, 15) is 0 Å². The summed E-state index contributed by atoms with van der Waals surface area (Å²) in [5, 5.41) is 10.00. The van der Waals surface area contributed by atoms with Crippen LogP contribution in [0.1, 0.15) is 0 Å². The lowest BCUT2D eigenvalue weighted by Gasteiger charge is -2.26. The maximum Gasteiger partial charge on any atom is 0.0547 e. The lowest BCUT2D eigenvalue weighted by Crippen LogP contribution is -2.10. The molecule has 0 amide bonds. The highest BCUT2D eigenvalue weighted by Gasteiger charge is 2.20. The fourth-order valence-corrected chi connectivity index (χ4v) is 10.5. The van der Waals surface area contributed by atoms with Crippen molar-refractivity contribution in [1.82, 2.24) is 4.57 Å². The Bertz CT molecular complexity index is 4000. The molecule has 0 saturated heterocycles. The lowest BCUT2D eigenvalue weighted by molar-refractivity contribution is 1.18. The number of hydrogen-bond acceptors (Lipinski definition) is 1. The first-order valence-electron chi connectivity index (χ1n) is 23.4. The molecule has 0 aliphatic carbocycles. The maximum atomic E-state index is 2.42. The summed E-state index contributed by atoms with van der Waals surface area (Å²) in [6.45, 7) is 0. The number of hydrogen-bond donors (Lipinski definition) is 0. The van der Waals surface area contributed by atoms with Crippen LogP contribution < -0.4 is 4.90 Å². The molecule has 13 rings (SSSR count). The predicted molar refractivity (Wildman–Crippen MR) is 290 cm³/mol. The van der Waals surface area contributed by atoms with Crippen molar-refractivity contribution >= 4 is 71.2 Å². The third-order valence-electron chi connectivity index (χ3n) is 13.7. The van der Waals surface area contributed by atoms with Crippen molar-refractivity contribution < 1.29 is 0 Å². The van der Waals surface area contributed by atoms with E-state index in [1.165, 1.54) is 93.1 Å². The van der Waals surface area contributed by atoms with Crippen molar-refractivity contribution in [2.45, 2.75) is 0 Å². The average molecular weight is 865 g/mol. The lowest BCUT2D eigenvalue weighted by atomic mass is 9.93. The highest BCUT2D eigenvalue weighted by atomic mass is 15.1. The van der Waals surface area contributed by atoms with Crippen molar-refractivity contribution in [3.05, 3.63) is 267 Å². The van der Waals surface area contributed by atoms with Gasteiger partial charge in [0.1, 0.15) is 0 Å². The second-order valence-electron chi connectivity index (χ2n) is 17.7. The van der Waals surface area contributed by atoms with E-state index in [4.69, 9.17) is 0 Å². The molecule has 2 nitrogen and oxygen atoms in total. The van der Waals surface area contributed by atoms with Gasteiger partial charge in [-0.25, -0.2) is 0 Å². The topological polar surface area (TPSA) is 8.17 Å². The van der Waals surface area contributed by atoms with E-state index in [0.29, 0.717) is 0 Å². The Morgan fingerprint density at radius 3 is 1.53 bits per heavy atom. The van der Waals surface area contributed by atoms with Gasteiger partial charge >= 0.3 is 0 Å². The van der Waals surface area contributed by atoms with Gasteiger partial charge in [-0.05, 0) is 156 Å². The van der Waals surface area contributed by atoms with Crippen LogP contribution in [0.3, 0.4) is 0 Å². The smallest absolute Gasteiger partial charge is 0.0547 e. The van der Waals surface area contributed by atoms with E-state index in [0.717, 1.165) is 28.3 Å². The maximum absolute atomic E-state index is 2.42. The largest absolute Gasteiger partial charge is 0.310 e. The summed E-state index contributed by atoms with van der Waals surface area (Å²) < 4.78 is 2.42. The van der Waals surface area contributed by atoms with Gasteiger partial charge in [0.2, 0.25) is 0 Å². The Morgan fingerprint density at radius 2 is 0.794 bits per heavy atom. The van der Waals surface area contributed by atoms with E-state index in [2.05, 4.69) is 276 Å². The Hall–Kier alpha value is -8.98. The van der Waals surface area contributed by atoms with E-state index < -0.39 is 0 Å². The third-order valence-corrected chi connectivity index (χ3v) is 13.7. The van der Waals surface area contributed by atoms with E-state index in [1.807, 2.05) is 0 Å². The first kappa shape index (κ1) is 39.4. The monoisotopic (exact) mass is 864 g/mol. The van der Waals surface area contributed by atoms with Crippen molar-refractivity contribution in [2.24, 2.45) is 0 Å². The molecule has 0 aliphatic heterocycles. The second-order valence-corrected chi connectivity index (χ2v) is 17.7. The molecule has 0 unspecified atom stereocenters. The van der Waals surface area contributed by atoms with Gasteiger partial charge in [0.25, 0.3) is 0 Å². The number of benzene rings is 12. The predicted octanol–water partition coefficient (Wildman–Crippen LogP) is 18.4.